The van der Waals surface area contributed by atoms with Crippen molar-refractivity contribution in [3.63, 3.8) is 0 Å². The van der Waals surface area contributed by atoms with Crippen LogP contribution in [-0.2, 0) is 19.2 Å². The number of aliphatic hydroxyl groups excluding tert-OH is 1. The zero-order chi connectivity index (χ0) is 21.4. The van der Waals surface area contributed by atoms with Crippen molar-refractivity contribution in [1.82, 2.24) is 0 Å². The molecule has 0 aliphatic heterocycles. The number of carbonyl (C=O) groups is 4. The van der Waals surface area contributed by atoms with Crippen LogP contribution in [-0.4, -0.2) is 69.0 Å². The molecule has 0 radical (unpaired) electrons. The highest BCUT2D eigenvalue weighted by Gasteiger charge is 2.17. The minimum absolute atomic E-state index is 0.0213. The molecule has 0 saturated carbocycles. The monoisotopic (exact) mass is 382 g/mol. The molecule has 0 bridgehead atoms. The van der Waals surface area contributed by atoms with Crippen molar-refractivity contribution in [3.05, 3.63) is 0 Å². The van der Waals surface area contributed by atoms with Crippen molar-refractivity contribution in [3.8, 4) is 0 Å². The molecule has 0 spiro atoms. The Morgan fingerprint density at radius 3 is 1.46 bits per heavy atom. The van der Waals surface area contributed by atoms with E-state index in [-0.39, 0.29) is 18.8 Å². The summed E-state index contributed by atoms with van der Waals surface area (Å²) in [6.45, 7) is 3.25. The van der Waals surface area contributed by atoms with E-state index in [4.69, 9.17) is 43.4 Å². The average Bonchev–Trinajstić information content (AvgIpc) is 2.57. The number of hydrogen-bond acceptors (Lipinski definition) is 8. The van der Waals surface area contributed by atoms with Crippen LogP contribution in [0.2, 0.25) is 0 Å². The van der Waals surface area contributed by atoms with Gasteiger partial charge in [-0.25, -0.2) is 0 Å². The number of aliphatic carboxylic acids is 3. The van der Waals surface area contributed by atoms with Crippen LogP contribution in [0.4, 0.5) is 0 Å². The van der Waals surface area contributed by atoms with Crippen molar-refractivity contribution in [1.29, 1.82) is 0 Å². The van der Waals surface area contributed by atoms with Crippen molar-refractivity contribution < 1.29 is 39.6 Å². The fraction of sp³-hybridized carbons (Fsp3) is 0.714. The number of primary amides is 1. The van der Waals surface area contributed by atoms with Gasteiger partial charge < -0.3 is 43.4 Å². The Balaban J connectivity index is -0.000000310. The highest BCUT2D eigenvalue weighted by Crippen LogP contribution is 2.04. The molecule has 26 heavy (non-hydrogen) atoms. The number of carbonyl (C=O) groups excluding carboxylic acids is 1. The van der Waals surface area contributed by atoms with E-state index in [1.807, 2.05) is 13.8 Å². The molecule has 4 atom stereocenters. The van der Waals surface area contributed by atoms with Gasteiger partial charge >= 0.3 is 17.9 Å². The van der Waals surface area contributed by atoms with Gasteiger partial charge in [-0.1, -0.05) is 20.3 Å². The Morgan fingerprint density at radius 2 is 1.31 bits per heavy atom. The molecule has 0 rings (SSSR count). The van der Waals surface area contributed by atoms with E-state index in [0.29, 0.717) is 0 Å². The molecule has 12 nitrogen and oxygen atoms in total. The van der Waals surface area contributed by atoms with Gasteiger partial charge in [-0.15, -0.1) is 0 Å². The van der Waals surface area contributed by atoms with Gasteiger partial charge in [0.05, 0.1) is 6.61 Å². The van der Waals surface area contributed by atoms with Gasteiger partial charge in [-0.05, 0) is 12.3 Å². The maximum absolute atomic E-state index is 10.2. The number of amides is 1. The largest absolute Gasteiger partial charge is 0.480 e. The van der Waals surface area contributed by atoms with E-state index in [9.17, 15) is 19.2 Å². The van der Waals surface area contributed by atoms with Gasteiger partial charge in [-0.2, -0.15) is 0 Å². The third-order valence-electron chi connectivity index (χ3n) is 3.07. The summed E-state index contributed by atoms with van der Waals surface area (Å²) in [4.78, 5) is 40.0. The molecule has 12 heteroatoms. The van der Waals surface area contributed by atoms with E-state index >= 15 is 0 Å². The fourth-order valence-electron chi connectivity index (χ4n) is 0.997. The Hall–Kier alpha value is -2.28. The zero-order valence-corrected chi connectivity index (χ0v) is 14.9. The number of hydrogen-bond donors (Lipinski definition) is 8. The van der Waals surface area contributed by atoms with Crippen molar-refractivity contribution in [2.45, 2.75) is 51.2 Å². The third kappa shape index (κ3) is 18.1. The average molecular weight is 382 g/mol. The van der Waals surface area contributed by atoms with Crippen LogP contribution in [0.25, 0.3) is 0 Å². The first kappa shape index (κ1) is 28.5. The zero-order valence-electron chi connectivity index (χ0n) is 14.9. The van der Waals surface area contributed by atoms with Crippen LogP contribution < -0.4 is 22.9 Å². The summed E-state index contributed by atoms with van der Waals surface area (Å²) in [6.07, 6.45) is 0.936. The van der Waals surface area contributed by atoms with E-state index in [1.165, 1.54) is 0 Å². The van der Waals surface area contributed by atoms with Crippen LogP contribution in [0.5, 0.6) is 0 Å². The predicted molar refractivity (Wildman–Crippen MR) is 91.8 cm³/mol. The molecule has 0 aliphatic carbocycles. The summed E-state index contributed by atoms with van der Waals surface area (Å²) >= 11 is 0. The maximum atomic E-state index is 10.2. The Kier molecular flexibility index (Phi) is 17.8. The lowest BCUT2D eigenvalue weighted by Gasteiger charge is -2.11. The second-order valence-electron chi connectivity index (χ2n) is 5.33. The number of carboxylic acid groups (broad SMARTS) is 3. The minimum Gasteiger partial charge on any atom is -0.480 e. The molecule has 0 fully saturated rings. The van der Waals surface area contributed by atoms with Crippen LogP contribution >= 0.6 is 0 Å². The normalized spacial score (nSPS) is 14.2. The van der Waals surface area contributed by atoms with Gasteiger partial charge in [0.25, 0.3) is 0 Å². The predicted octanol–water partition coefficient (Wildman–Crippen LogP) is -2.50. The standard InChI is InChI=1S/C6H13NO2.C5H10N2O3.C3H7NO3/c1-3-4(2)5(7)6(8)9;6-3(5(9)10)1-2-4(7)8;4-2(1-5)3(6)7/h4-5H,3,7H2,1-2H3,(H,8,9);3H,1-2,6H2,(H2,7,8)(H,9,10);2,5H,1,4H2,(H,6,7). The lowest BCUT2D eigenvalue weighted by Crippen LogP contribution is -2.36. The topological polar surface area (TPSA) is 253 Å². The van der Waals surface area contributed by atoms with Crippen molar-refractivity contribution >= 4 is 23.8 Å². The van der Waals surface area contributed by atoms with E-state index in [1.54, 1.807) is 0 Å². The fourth-order valence-corrected chi connectivity index (χ4v) is 0.997. The lowest BCUT2D eigenvalue weighted by molar-refractivity contribution is -0.140. The summed E-state index contributed by atoms with van der Waals surface area (Å²) in [5, 5.41) is 32.5. The van der Waals surface area contributed by atoms with Crippen molar-refractivity contribution in [2.24, 2.45) is 28.9 Å². The van der Waals surface area contributed by atoms with Crippen LogP contribution in [0.1, 0.15) is 33.1 Å². The Labute approximate surface area is 151 Å². The van der Waals surface area contributed by atoms with Gasteiger partial charge in [0, 0.05) is 6.42 Å². The van der Waals surface area contributed by atoms with Crippen LogP contribution in [0, 0.1) is 5.92 Å². The second kappa shape index (κ2) is 16.2. The summed E-state index contributed by atoms with van der Waals surface area (Å²) < 4.78 is 0. The molecular formula is C14H30N4O8. The number of rotatable bonds is 9. The third-order valence-corrected chi connectivity index (χ3v) is 3.07. The second-order valence-corrected chi connectivity index (χ2v) is 5.33. The summed E-state index contributed by atoms with van der Waals surface area (Å²) in [5.74, 6) is -3.66. The molecule has 12 N–H and O–H groups in total. The summed E-state index contributed by atoms with van der Waals surface area (Å²) in [7, 11) is 0. The number of carboxylic acids is 3. The molecule has 0 aliphatic rings. The van der Waals surface area contributed by atoms with Gasteiger partial charge in [0.2, 0.25) is 5.91 Å². The molecule has 0 saturated heterocycles. The smallest absolute Gasteiger partial charge is 0.322 e. The molecule has 0 aromatic heterocycles. The molecular weight excluding hydrogens is 352 g/mol. The molecule has 4 unspecified atom stereocenters. The van der Waals surface area contributed by atoms with Crippen LogP contribution in [0.3, 0.4) is 0 Å². The molecule has 0 aromatic carbocycles. The molecule has 0 heterocycles. The summed E-state index contributed by atoms with van der Waals surface area (Å²) in [6, 6.07) is -2.80. The first-order valence-electron chi connectivity index (χ1n) is 7.65. The van der Waals surface area contributed by atoms with Crippen LogP contribution in [0.15, 0.2) is 0 Å². The van der Waals surface area contributed by atoms with Crippen molar-refractivity contribution in [2.75, 3.05) is 6.61 Å². The molecule has 0 aromatic rings. The van der Waals surface area contributed by atoms with E-state index in [2.05, 4.69) is 0 Å². The van der Waals surface area contributed by atoms with E-state index < -0.39 is 48.5 Å². The quantitative estimate of drug-likeness (QED) is 0.207. The van der Waals surface area contributed by atoms with Gasteiger partial charge in [0.1, 0.15) is 18.1 Å². The van der Waals surface area contributed by atoms with Gasteiger partial charge in [-0.3, -0.25) is 19.2 Å². The van der Waals surface area contributed by atoms with Gasteiger partial charge in [0.15, 0.2) is 0 Å². The highest BCUT2D eigenvalue weighted by molar-refractivity contribution is 5.77. The Bertz CT molecular complexity index is 447. The number of nitrogens with two attached hydrogens (primary N) is 4. The van der Waals surface area contributed by atoms with E-state index in [0.717, 1.165) is 6.42 Å². The number of aliphatic hydroxyl groups is 1. The summed E-state index contributed by atoms with van der Waals surface area (Å²) in [5.41, 5.74) is 19.8. The molecule has 1 amide bonds. The molecule has 154 valence electrons. The first-order chi connectivity index (χ1) is 11.8. The first-order valence-corrected chi connectivity index (χ1v) is 7.65. The maximum Gasteiger partial charge on any atom is 0.322 e. The minimum atomic E-state index is -1.18. The highest BCUT2D eigenvalue weighted by atomic mass is 16.4. The lowest BCUT2D eigenvalue weighted by atomic mass is 10.0. The Morgan fingerprint density at radius 1 is 0.885 bits per heavy atom. The SMILES string of the molecule is CCC(C)C(N)C(=O)O.NC(=O)CCC(N)C(=O)O.NC(CO)C(=O)O.